The summed E-state index contributed by atoms with van der Waals surface area (Å²) in [6, 6.07) is 1.69. The van der Waals surface area contributed by atoms with Crippen LogP contribution in [0.5, 0.6) is 0 Å². The normalized spacial score (nSPS) is 18.8. The molecule has 1 fully saturated rings. The quantitative estimate of drug-likeness (QED) is 0.767. The van der Waals surface area contributed by atoms with Gasteiger partial charge in [-0.1, -0.05) is 11.6 Å². The van der Waals surface area contributed by atoms with E-state index in [9.17, 15) is 4.79 Å². The van der Waals surface area contributed by atoms with Gasteiger partial charge in [-0.2, -0.15) is 4.98 Å². The van der Waals surface area contributed by atoms with Crippen molar-refractivity contribution >= 4 is 29.5 Å². The molecule has 0 bridgehead atoms. The van der Waals surface area contributed by atoms with Crippen molar-refractivity contribution in [2.24, 2.45) is 0 Å². The highest BCUT2D eigenvalue weighted by Gasteiger charge is 2.25. The molecule has 1 aromatic rings. The lowest BCUT2D eigenvalue weighted by molar-refractivity contribution is 0.167. The van der Waals surface area contributed by atoms with Crippen LogP contribution in [-0.4, -0.2) is 42.3 Å². The summed E-state index contributed by atoms with van der Waals surface area (Å²) in [7, 11) is 1.34. The SMILES string of the molecule is COC(=O)NC1CCN(c2cc(Cl)nc(N)n2)C1. The minimum absolute atomic E-state index is 0.0346. The zero-order chi connectivity index (χ0) is 13.1. The van der Waals surface area contributed by atoms with E-state index in [2.05, 4.69) is 20.0 Å². The highest BCUT2D eigenvalue weighted by molar-refractivity contribution is 6.29. The van der Waals surface area contributed by atoms with E-state index in [1.165, 1.54) is 7.11 Å². The molecule has 18 heavy (non-hydrogen) atoms. The van der Waals surface area contributed by atoms with E-state index in [4.69, 9.17) is 17.3 Å². The zero-order valence-corrected chi connectivity index (χ0v) is 10.6. The Morgan fingerprint density at radius 2 is 2.44 bits per heavy atom. The molecule has 1 aromatic heterocycles. The van der Waals surface area contributed by atoms with Crippen molar-refractivity contribution in [3.63, 3.8) is 0 Å². The maximum Gasteiger partial charge on any atom is 0.407 e. The fourth-order valence-electron chi connectivity index (χ4n) is 1.90. The number of anilines is 2. The molecule has 8 heteroatoms. The third-order valence-electron chi connectivity index (χ3n) is 2.72. The Morgan fingerprint density at radius 1 is 1.67 bits per heavy atom. The third-order valence-corrected chi connectivity index (χ3v) is 2.91. The molecule has 98 valence electrons. The van der Waals surface area contributed by atoms with Crippen LogP contribution in [0.1, 0.15) is 6.42 Å². The number of alkyl carbamates (subject to hydrolysis) is 1. The van der Waals surface area contributed by atoms with Gasteiger partial charge in [0.15, 0.2) is 0 Å². The number of nitrogens with two attached hydrogens (primary N) is 1. The Labute approximate surface area is 109 Å². The van der Waals surface area contributed by atoms with Crippen molar-refractivity contribution in [1.29, 1.82) is 0 Å². The van der Waals surface area contributed by atoms with E-state index in [1.807, 2.05) is 4.90 Å². The van der Waals surface area contributed by atoms with Crippen LogP contribution < -0.4 is 16.0 Å². The summed E-state index contributed by atoms with van der Waals surface area (Å²) in [6.45, 7) is 1.41. The Hall–Kier alpha value is -1.76. The minimum atomic E-state index is -0.429. The Kier molecular flexibility index (Phi) is 3.71. The fraction of sp³-hybridized carbons (Fsp3) is 0.500. The lowest BCUT2D eigenvalue weighted by Crippen LogP contribution is -2.37. The van der Waals surface area contributed by atoms with E-state index >= 15 is 0 Å². The van der Waals surface area contributed by atoms with Gasteiger partial charge in [-0.05, 0) is 6.42 Å². The summed E-state index contributed by atoms with van der Waals surface area (Å²) in [5, 5.41) is 3.05. The van der Waals surface area contributed by atoms with E-state index < -0.39 is 6.09 Å². The molecule has 1 unspecified atom stereocenters. The van der Waals surface area contributed by atoms with Crippen molar-refractivity contribution in [1.82, 2.24) is 15.3 Å². The standard InChI is InChI=1S/C10H14ClN5O2/c1-18-10(17)13-6-2-3-16(5-6)8-4-7(11)14-9(12)15-8/h4,6H,2-3,5H2,1H3,(H,13,17)(H2,12,14,15). The Morgan fingerprint density at radius 3 is 3.11 bits per heavy atom. The fourth-order valence-corrected chi connectivity index (χ4v) is 2.08. The number of methoxy groups -OCH3 is 1. The second kappa shape index (κ2) is 5.26. The molecule has 1 amide bonds. The first-order valence-corrected chi connectivity index (χ1v) is 5.86. The van der Waals surface area contributed by atoms with Gasteiger partial charge >= 0.3 is 6.09 Å². The number of carbonyl (C=O) groups excluding carboxylic acids is 1. The molecule has 0 aromatic carbocycles. The average molecular weight is 272 g/mol. The predicted octanol–water partition coefficient (Wildman–Crippen LogP) is 0.647. The molecule has 7 nitrogen and oxygen atoms in total. The third kappa shape index (κ3) is 2.92. The number of aromatic nitrogens is 2. The largest absolute Gasteiger partial charge is 0.453 e. The molecule has 1 aliphatic heterocycles. The predicted molar refractivity (Wildman–Crippen MR) is 67.6 cm³/mol. The van der Waals surface area contributed by atoms with Gasteiger partial charge in [-0.3, -0.25) is 0 Å². The van der Waals surface area contributed by atoms with Gasteiger partial charge in [-0.15, -0.1) is 0 Å². The molecule has 3 N–H and O–H groups in total. The van der Waals surface area contributed by atoms with Gasteiger partial charge in [0.2, 0.25) is 5.95 Å². The number of ether oxygens (including phenoxy) is 1. The number of carbonyl (C=O) groups is 1. The number of hydrogen-bond acceptors (Lipinski definition) is 6. The van der Waals surface area contributed by atoms with Crippen molar-refractivity contribution in [2.45, 2.75) is 12.5 Å². The summed E-state index contributed by atoms with van der Waals surface area (Å²) in [5.74, 6) is 0.809. The van der Waals surface area contributed by atoms with Gasteiger partial charge in [0.1, 0.15) is 11.0 Å². The summed E-state index contributed by atoms with van der Waals surface area (Å²) in [6.07, 6.45) is 0.387. The summed E-state index contributed by atoms with van der Waals surface area (Å²) in [4.78, 5) is 21.0. The molecule has 0 saturated carbocycles. The van der Waals surface area contributed by atoms with Gasteiger partial charge in [0, 0.05) is 19.2 Å². The number of hydrogen-bond donors (Lipinski definition) is 2. The highest BCUT2D eigenvalue weighted by Crippen LogP contribution is 2.21. The van der Waals surface area contributed by atoms with Gasteiger partial charge < -0.3 is 20.7 Å². The monoisotopic (exact) mass is 271 g/mol. The van der Waals surface area contributed by atoms with Crippen molar-refractivity contribution in [3.05, 3.63) is 11.2 Å². The second-order valence-electron chi connectivity index (χ2n) is 3.97. The molecule has 0 spiro atoms. The topological polar surface area (TPSA) is 93.4 Å². The smallest absolute Gasteiger partial charge is 0.407 e. The molecular formula is C10H14ClN5O2. The molecule has 1 atom stereocenters. The first-order chi connectivity index (χ1) is 8.58. The van der Waals surface area contributed by atoms with Crippen LogP contribution in [0, 0.1) is 0 Å². The first kappa shape index (κ1) is 12.7. The maximum absolute atomic E-state index is 11.1. The molecule has 0 radical (unpaired) electrons. The van der Waals surface area contributed by atoms with Crippen molar-refractivity contribution < 1.29 is 9.53 Å². The van der Waals surface area contributed by atoms with Crippen LogP contribution >= 0.6 is 11.6 Å². The maximum atomic E-state index is 11.1. The lowest BCUT2D eigenvalue weighted by Gasteiger charge is -2.17. The van der Waals surface area contributed by atoms with E-state index in [1.54, 1.807) is 6.07 Å². The number of nitrogens with zero attached hydrogens (tertiary/aromatic N) is 3. The molecule has 1 saturated heterocycles. The van der Waals surface area contributed by atoms with Gasteiger partial charge in [-0.25, -0.2) is 9.78 Å². The van der Waals surface area contributed by atoms with E-state index in [0.29, 0.717) is 17.5 Å². The number of rotatable bonds is 2. The Balaban J connectivity index is 2.01. The van der Waals surface area contributed by atoms with E-state index in [0.717, 1.165) is 13.0 Å². The lowest BCUT2D eigenvalue weighted by atomic mass is 10.3. The van der Waals surface area contributed by atoms with Crippen LogP contribution in [0.3, 0.4) is 0 Å². The number of halogens is 1. The van der Waals surface area contributed by atoms with Crippen LogP contribution in [0.4, 0.5) is 16.6 Å². The van der Waals surface area contributed by atoms with Crippen molar-refractivity contribution in [3.8, 4) is 0 Å². The summed E-state index contributed by atoms with van der Waals surface area (Å²) in [5.41, 5.74) is 5.54. The van der Waals surface area contributed by atoms with Crippen molar-refractivity contribution in [2.75, 3.05) is 30.8 Å². The first-order valence-electron chi connectivity index (χ1n) is 5.48. The van der Waals surface area contributed by atoms with Gasteiger partial charge in [0.25, 0.3) is 0 Å². The average Bonchev–Trinajstić information content (AvgIpc) is 2.76. The number of nitrogen functional groups attached to an aromatic ring is 1. The van der Waals surface area contributed by atoms with Gasteiger partial charge in [0.05, 0.1) is 13.2 Å². The summed E-state index contributed by atoms with van der Waals surface area (Å²) >= 11 is 5.82. The number of amides is 1. The minimum Gasteiger partial charge on any atom is -0.453 e. The molecule has 0 aliphatic carbocycles. The molecular weight excluding hydrogens is 258 g/mol. The van der Waals surface area contributed by atoms with Crippen LogP contribution in [-0.2, 0) is 4.74 Å². The summed E-state index contributed by atoms with van der Waals surface area (Å²) < 4.78 is 4.56. The van der Waals surface area contributed by atoms with Crippen LogP contribution in [0.15, 0.2) is 6.07 Å². The molecule has 1 aliphatic rings. The Bertz CT molecular complexity index is 436. The highest BCUT2D eigenvalue weighted by atomic mass is 35.5. The number of nitrogens with one attached hydrogen (secondary N) is 1. The molecule has 2 rings (SSSR count). The van der Waals surface area contributed by atoms with Crippen LogP contribution in [0.25, 0.3) is 0 Å². The second-order valence-corrected chi connectivity index (χ2v) is 4.36. The van der Waals surface area contributed by atoms with Crippen LogP contribution in [0.2, 0.25) is 5.15 Å². The van der Waals surface area contributed by atoms with E-state index in [-0.39, 0.29) is 12.0 Å². The molecule has 2 heterocycles. The zero-order valence-electron chi connectivity index (χ0n) is 9.89.